The molecule has 6 heteroatoms. The summed E-state index contributed by atoms with van der Waals surface area (Å²) in [5.41, 5.74) is 2.90. The van der Waals surface area contributed by atoms with Gasteiger partial charge in [-0.15, -0.1) is 0 Å². The molecule has 3 rings (SSSR count). The SMILES string of the molecule is CN(C)C1(CNc2cc(NN)nc(C3CC3)n2)CCCC1. The zero-order valence-electron chi connectivity index (χ0n) is 13.0. The normalized spacial score (nSPS) is 20.8. The Hall–Kier alpha value is -1.40. The van der Waals surface area contributed by atoms with Crippen LogP contribution in [0, 0.1) is 0 Å². The van der Waals surface area contributed by atoms with Gasteiger partial charge >= 0.3 is 0 Å². The van der Waals surface area contributed by atoms with E-state index in [2.05, 4.69) is 39.7 Å². The van der Waals surface area contributed by atoms with Gasteiger partial charge in [0.25, 0.3) is 0 Å². The van der Waals surface area contributed by atoms with E-state index in [0.29, 0.717) is 11.7 Å². The number of aromatic nitrogens is 2. The summed E-state index contributed by atoms with van der Waals surface area (Å²) in [4.78, 5) is 11.5. The molecule has 0 bridgehead atoms. The van der Waals surface area contributed by atoms with E-state index in [1.165, 1.54) is 38.5 Å². The minimum Gasteiger partial charge on any atom is -0.368 e. The molecule has 0 atom stereocenters. The van der Waals surface area contributed by atoms with Crippen molar-refractivity contribution in [3.05, 3.63) is 11.9 Å². The molecule has 0 radical (unpaired) electrons. The van der Waals surface area contributed by atoms with Crippen molar-refractivity contribution in [3.8, 4) is 0 Å². The maximum Gasteiger partial charge on any atom is 0.145 e. The van der Waals surface area contributed by atoms with Crippen LogP contribution >= 0.6 is 0 Å². The molecule has 6 nitrogen and oxygen atoms in total. The number of rotatable bonds is 6. The van der Waals surface area contributed by atoms with E-state index in [9.17, 15) is 0 Å². The van der Waals surface area contributed by atoms with Crippen molar-refractivity contribution >= 4 is 11.6 Å². The molecule has 1 heterocycles. The lowest BCUT2D eigenvalue weighted by Gasteiger charge is -2.36. The highest BCUT2D eigenvalue weighted by molar-refractivity contribution is 5.47. The third-order valence-electron chi connectivity index (χ3n) is 4.92. The Balaban J connectivity index is 1.73. The lowest BCUT2D eigenvalue weighted by atomic mass is 9.96. The summed E-state index contributed by atoms with van der Waals surface area (Å²) in [5.74, 6) is 8.54. The summed E-state index contributed by atoms with van der Waals surface area (Å²) in [6.07, 6.45) is 7.49. The lowest BCUT2D eigenvalue weighted by molar-refractivity contribution is 0.172. The van der Waals surface area contributed by atoms with Crippen molar-refractivity contribution in [1.29, 1.82) is 0 Å². The van der Waals surface area contributed by atoms with Crippen LogP contribution in [0.4, 0.5) is 11.6 Å². The molecule has 2 aliphatic rings. The molecule has 0 spiro atoms. The van der Waals surface area contributed by atoms with Crippen LogP contribution in [0.3, 0.4) is 0 Å². The Morgan fingerprint density at radius 3 is 2.48 bits per heavy atom. The smallest absolute Gasteiger partial charge is 0.145 e. The van der Waals surface area contributed by atoms with Crippen LogP contribution < -0.4 is 16.6 Å². The number of nitrogens with zero attached hydrogens (tertiary/aromatic N) is 3. The minimum absolute atomic E-state index is 0.251. The number of hydrogen-bond donors (Lipinski definition) is 3. The van der Waals surface area contributed by atoms with Crippen LogP contribution in [0.15, 0.2) is 6.07 Å². The topological polar surface area (TPSA) is 79.1 Å². The van der Waals surface area contributed by atoms with E-state index in [1.54, 1.807) is 0 Å². The molecule has 4 N–H and O–H groups in total. The maximum atomic E-state index is 5.52. The van der Waals surface area contributed by atoms with Crippen molar-refractivity contribution in [2.45, 2.75) is 50.0 Å². The Kier molecular flexibility index (Phi) is 3.99. The van der Waals surface area contributed by atoms with E-state index >= 15 is 0 Å². The van der Waals surface area contributed by atoms with E-state index < -0.39 is 0 Å². The van der Waals surface area contributed by atoms with Crippen LogP contribution in [0.1, 0.15) is 50.3 Å². The number of hydrogen-bond acceptors (Lipinski definition) is 6. The Labute approximate surface area is 126 Å². The second kappa shape index (κ2) is 5.77. The van der Waals surface area contributed by atoms with Crippen LogP contribution in [0.25, 0.3) is 0 Å². The van der Waals surface area contributed by atoms with E-state index in [1.807, 2.05) is 6.07 Å². The fourth-order valence-electron chi connectivity index (χ4n) is 3.22. The highest BCUT2D eigenvalue weighted by Gasteiger charge is 2.36. The molecule has 0 unspecified atom stereocenters. The summed E-state index contributed by atoms with van der Waals surface area (Å²) in [6, 6.07) is 1.89. The maximum absolute atomic E-state index is 5.52. The third kappa shape index (κ3) is 3.11. The van der Waals surface area contributed by atoms with Crippen LogP contribution in [0.2, 0.25) is 0 Å². The molecule has 1 aromatic heterocycles. The second-order valence-electron chi connectivity index (χ2n) is 6.59. The van der Waals surface area contributed by atoms with Crippen LogP contribution in [-0.2, 0) is 0 Å². The Morgan fingerprint density at radius 1 is 1.24 bits per heavy atom. The second-order valence-corrected chi connectivity index (χ2v) is 6.59. The largest absolute Gasteiger partial charge is 0.368 e. The molecule has 0 aliphatic heterocycles. The highest BCUT2D eigenvalue weighted by atomic mass is 15.3. The molecule has 0 amide bonds. The zero-order chi connectivity index (χ0) is 14.9. The summed E-state index contributed by atoms with van der Waals surface area (Å²) in [5, 5.41) is 3.52. The average molecular weight is 290 g/mol. The monoisotopic (exact) mass is 290 g/mol. The third-order valence-corrected chi connectivity index (χ3v) is 4.92. The van der Waals surface area contributed by atoms with Gasteiger partial charge in [-0.2, -0.15) is 0 Å². The number of hydrazine groups is 1. The Morgan fingerprint density at radius 2 is 1.90 bits per heavy atom. The predicted octanol–water partition coefficient (Wildman–Crippen LogP) is 1.93. The first kappa shape index (κ1) is 14.5. The van der Waals surface area contributed by atoms with Gasteiger partial charge in [0.15, 0.2) is 0 Å². The highest BCUT2D eigenvalue weighted by Crippen LogP contribution is 2.39. The van der Waals surface area contributed by atoms with Crippen molar-refractivity contribution in [3.63, 3.8) is 0 Å². The molecular weight excluding hydrogens is 264 g/mol. The van der Waals surface area contributed by atoms with Crippen molar-refractivity contribution in [2.24, 2.45) is 5.84 Å². The molecule has 1 aromatic rings. The van der Waals surface area contributed by atoms with Gasteiger partial charge in [-0.25, -0.2) is 15.8 Å². The number of nitrogen functional groups attached to an aromatic ring is 1. The van der Waals surface area contributed by atoms with Gasteiger partial charge in [-0.3, -0.25) is 0 Å². The summed E-state index contributed by atoms with van der Waals surface area (Å²) >= 11 is 0. The van der Waals surface area contributed by atoms with E-state index in [4.69, 9.17) is 5.84 Å². The molecule has 2 aliphatic carbocycles. The van der Waals surface area contributed by atoms with Crippen molar-refractivity contribution in [2.75, 3.05) is 31.4 Å². The van der Waals surface area contributed by atoms with Gasteiger partial charge < -0.3 is 15.6 Å². The molecule has 0 aromatic carbocycles. The minimum atomic E-state index is 0.251. The standard InChI is InChI=1S/C15H26N6/c1-21(2)15(7-3-4-8-15)10-17-12-9-13(20-16)19-14(18-12)11-5-6-11/h9,11H,3-8,10,16H2,1-2H3,(H2,17,18,19,20). The van der Waals surface area contributed by atoms with Gasteiger partial charge in [0.2, 0.25) is 0 Å². The fraction of sp³-hybridized carbons (Fsp3) is 0.733. The van der Waals surface area contributed by atoms with Crippen LogP contribution in [-0.4, -0.2) is 41.0 Å². The fourth-order valence-corrected chi connectivity index (χ4v) is 3.22. The molecule has 116 valence electrons. The lowest BCUT2D eigenvalue weighted by Crippen LogP contribution is -2.47. The van der Waals surface area contributed by atoms with Gasteiger partial charge in [0, 0.05) is 24.1 Å². The van der Waals surface area contributed by atoms with Gasteiger partial charge in [0.1, 0.15) is 17.5 Å². The number of anilines is 2. The molecular formula is C15H26N6. The molecule has 2 fully saturated rings. The van der Waals surface area contributed by atoms with Gasteiger partial charge in [-0.1, -0.05) is 12.8 Å². The van der Waals surface area contributed by atoms with Gasteiger partial charge in [0.05, 0.1) is 0 Å². The number of likely N-dealkylation sites (N-methyl/N-ethyl adjacent to an activating group) is 1. The quantitative estimate of drug-likeness (QED) is 0.549. The molecule has 0 saturated heterocycles. The summed E-state index contributed by atoms with van der Waals surface area (Å²) < 4.78 is 0. The zero-order valence-corrected chi connectivity index (χ0v) is 13.0. The van der Waals surface area contributed by atoms with Crippen molar-refractivity contribution in [1.82, 2.24) is 14.9 Å². The first-order valence-electron chi connectivity index (χ1n) is 7.90. The van der Waals surface area contributed by atoms with Gasteiger partial charge in [-0.05, 0) is 39.8 Å². The van der Waals surface area contributed by atoms with E-state index in [-0.39, 0.29) is 5.54 Å². The number of nitrogens with two attached hydrogens (primary N) is 1. The molecule has 21 heavy (non-hydrogen) atoms. The average Bonchev–Trinajstić information content (AvgIpc) is 3.23. The summed E-state index contributed by atoms with van der Waals surface area (Å²) in [7, 11) is 4.35. The predicted molar refractivity (Wildman–Crippen MR) is 85.2 cm³/mol. The van der Waals surface area contributed by atoms with Crippen LogP contribution in [0.5, 0.6) is 0 Å². The molecule has 2 saturated carbocycles. The first-order valence-corrected chi connectivity index (χ1v) is 7.90. The van der Waals surface area contributed by atoms with Crippen molar-refractivity contribution < 1.29 is 0 Å². The Bertz CT molecular complexity index is 491. The van der Waals surface area contributed by atoms with E-state index in [0.717, 1.165) is 18.2 Å². The first-order chi connectivity index (χ1) is 10.1. The summed E-state index contributed by atoms with van der Waals surface area (Å²) in [6.45, 7) is 0.922. The number of nitrogens with one attached hydrogen (secondary N) is 2.